The van der Waals surface area contributed by atoms with Crippen LogP contribution in [-0.2, 0) is 60.6 Å². The van der Waals surface area contributed by atoms with Crippen LogP contribution in [-0.4, -0.2) is 91.2 Å². The number of rotatable bonds is 15. The molecule has 0 saturated carbocycles. The number of nitrogen functional groups attached to an aromatic ring is 1. The van der Waals surface area contributed by atoms with E-state index in [2.05, 4.69) is 20.9 Å². The number of halogens is 1. The van der Waals surface area contributed by atoms with Gasteiger partial charge >= 0.3 is 23.9 Å². The lowest BCUT2D eigenvalue weighted by Gasteiger charge is -2.35. The Morgan fingerprint density at radius 3 is 2.30 bits per heavy atom. The summed E-state index contributed by atoms with van der Waals surface area (Å²) in [7, 11) is 0. The summed E-state index contributed by atoms with van der Waals surface area (Å²) in [5.74, 6) is -1.57. The van der Waals surface area contributed by atoms with Crippen molar-refractivity contribution in [1.82, 2.24) is 24.1 Å². The molecule has 0 aliphatic carbocycles. The highest BCUT2D eigenvalue weighted by molar-refractivity contribution is 6.28. The van der Waals surface area contributed by atoms with Gasteiger partial charge in [-0.15, -0.1) is 6.42 Å². The zero-order chi connectivity index (χ0) is 40.8. The minimum Gasteiger partial charge on any atom is -0.463 e. The maximum absolute atomic E-state index is 13.9. The molecule has 0 amide bonds. The van der Waals surface area contributed by atoms with Gasteiger partial charge in [0.25, 0.3) is 11.2 Å². The summed E-state index contributed by atoms with van der Waals surface area (Å²) < 4.78 is 37.7. The molecule has 1 saturated heterocycles. The fourth-order valence-corrected chi connectivity index (χ4v) is 6.64. The zero-order valence-corrected chi connectivity index (χ0v) is 32.1. The molecule has 5 rings (SSSR count). The number of nitrogens with zero attached hydrogens (tertiary/aromatic N) is 5. The van der Waals surface area contributed by atoms with Crippen molar-refractivity contribution in [3.8, 4) is 23.5 Å². The third kappa shape index (κ3) is 8.08. The van der Waals surface area contributed by atoms with Gasteiger partial charge < -0.3 is 38.7 Å². The van der Waals surface area contributed by atoms with Crippen LogP contribution < -0.4 is 11.3 Å². The number of carbonyl (C=O) groups is 4. The van der Waals surface area contributed by atoms with E-state index in [1.165, 1.54) is 10.9 Å². The van der Waals surface area contributed by atoms with Crippen LogP contribution in [0.1, 0.15) is 52.8 Å². The number of terminal acetylenes is 1. The van der Waals surface area contributed by atoms with E-state index in [1.807, 2.05) is 6.92 Å². The van der Waals surface area contributed by atoms with E-state index in [9.17, 15) is 24.0 Å². The topological polar surface area (TPSA) is 215 Å². The second-order valence-corrected chi connectivity index (χ2v) is 13.0. The predicted octanol–water partition coefficient (Wildman–Crippen LogP) is 3.19. The fourth-order valence-electron chi connectivity index (χ4n) is 6.47. The Morgan fingerprint density at radius 2 is 1.71 bits per heavy atom. The molecule has 56 heavy (non-hydrogen) atoms. The number of aryl methyl sites for hydroxylation is 1. The molecule has 2 N–H and O–H groups in total. The van der Waals surface area contributed by atoms with Crippen molar-refractivity contribution in [2.24, 2.45) is 0 Å². The van der Waals surface area contributed by atoms with E-state index in [0.29, 0.717) is 23.2 Å². The number of carbonyl (C=O) groups excluding carboxylic acids is 4. The molecular weight excluding hydrogens is 752 g/mol. The monoisotopic (exact) mass is 792 g/mol. The summed E-state index contributed by atoms with van der Waals surface area (Å²) in [6.45, 7) is 6.79. The Bertz CT molecular complexity index is 2200. The van der Waals surface area contributed by atoms with E-state index in [-0.39, 0.29) is 41.0 Å². The average Bonchev–Trinajstić information content (AvgIpc) is 3.70. The van der Waals surface area contributed by atoms with Crippen molar-refractivity contribution < 1.29 is 47.6 Å². The Hall–Kier alpha value is -5.83. The number of nitrogens with two attached hydrogens (primary N) is 1. The molecule has 1 fully saturated rings. The minimum atomic E-state index is -2.47. The smallest absolute Gasteiger partial charge is 0.350 e. The summed E-state index contributed by atoms with van der Waals surface area (Å²) in [6.07, 6.45) is 4.87. The van der Waals surface area contributed by atoms with Gasteiger partial charge in [0.1, 0.15) is 11.6 Å². The molecule has 296 valence electrons. The first-order chi connectivity index (χ1) is 26.7. The largest absolute Gasteiger partial charge is 0.463 e. The first kappa shape index (κ1) is 41.3. The molecule has 4 aromatic rings. The quantitative estimate of drug-likeness (QED) is 0.0602. The fraction of sp³-hybridized carbons (Fsp3) is 0.421. The Balaban J connectivity index is 1.58. The third-order valence-corrected chi connectivity index (χ3v) is 9.05. The van der Waals surface area contributed by atoms with E-state index in [1.54, 1.807) is 61.0 Å². The number of imidazole rings is 1. The predicted molar refractivity (Wildman–Crippen MR) is 200 cm³/mol. The summed E-state index contributed by atoms with van der Waals surface area (Å²) >= 11 is 6.11. The van der Waals surface area contributed by atoms with Crippen LogP contribution in [0, 0.1) is 12.3 Å². The molecule has 1 aliphatic rings. The summed E-state index contributed by atoms with van der Waals surface area (Å²) in [5, 5.41) is -0.235. The van der Waals surface area contributed by atoms with Gasteiger partial charge in [-0.2, -0.15) is 9.97 Å². The van der Waals surface area contributed by atoms with Crippen LogP contribution >= 0.6 is 11.6 Å². The van der Waals surface area contributed by atoms with Crippen molar-refractivity contribution in [3.63, 3.8) is 0 Å². The molecule has 0 radical (unpaired) electrons. The number of hydrogen-bond donors (Lipinski definition) is 1. The van der Waals surface area contributed by atoms with Crippen LogP contribution in [0.3, 0.4) is 0 Å². The lowest BCUT2D eigenvalue weighted by Crippen LogP contribution is -2.57. The summed E-state index contributed by atoms with van der Waals surface area (Å²) in [6, 6.07) is 10.1. The van der Waals surface area contributed by atoms with Crippen LogP contribution in [0.25, 0.3) is 22.3 Å². The molecular formula is C38H41ClN6O11. The standard InChI is InChI=1S/C38H41ClN6O11/c1-7-17-44-18-11-12-26(32(44)48)25-15-13-24(14-16-25)19-38(34(49)51-9-3,35(50)52-10-4)53-20-27-37(8-2,56-23(6)47)29(54-22(5)46)33(55-27)45-21-41-28-30(40)42-36(39)43-31(28)45/h2,11-16,18,21,27,29,33H,7,9-10,17,19-20H2,1,3-6H3,(H2,40,42,43)/t27-,29+,33-,37-/m1/s1. The van der Waals surface area contributed by atoms with Gasteiger partial charge in [0, 0.05) is 38.6 Å². The molecule has 18 heteroatoms. The molecule has 17 nitrogen and oxygen atoms in total. The highest BCUT2D eigenvalue weighted by Gasteiger charge is 2.63. The Labute approximate surface area is 326 Å². The van der Waals surface area contributed by atoms with Crippen molar-refractivity contribution >= 4 is 52.5 Å². The van der Waals surface area contributed by atoms with Gasteiger partial charge in [0.05, 0.1) is 26.1 Å². The van der Waals surface area contributed by atoms with Crippen LogP contribution in [0.15, 0.2) is 53.7 Å². The number of benzene rings is 1. The minimum absolute atomic E-state index is 0.0515. The van der Waals surface area contributed by atoms with Crippen molar-refractivity contribution in [3.05, 3.63) is 70.1 Å². The van der Waals surface area contributed by atoms with Crippen molar-refractivity contribution in [2.75, 3.05) is 25.6 Å². The van der Waals surface area contributed by atoms with Crippen LogP contribution in [0.2, 0.25) is 5.28 Å². The van der Waals surface area contributed by atoms with Crippen molar-refractivity contribution in [2.45, 2.75) is 83.6 Å². The second-order valence-electron chi connectivity index (χ2n) is 12.7. The normalized spacial score (nSPS) is 19.3. The van der Waals surface area contributed by atoms with Gasteiger partial charge in [0.2, 0.25) is 17.0 Å². The third-order valence-electron chi connectivity index (χ3n) is 8.88. The lowest BCUT2D eigenvalue weighted by molar-refractivity contribution is -0.200. The number of pyridine rings is 1. The maximum Gasteiger partial charge on any atom is 0.350 e. The summed E-state index contributed by atoms with van der Waals surface area (Å²) in [5.41, 5.74) is 2.80. The van der Waals surface area contributed by atoms with E-state index in [4.69, 9.17) is 52.2 Å². The van der Waals surface area contributed by atoms with Crippen LogP contribution in [0.5, 0.6) is 0 Å². The molecule has 3 aromatic heterocycles. The van der Waals surface area contributed by atoms with E-state index >= 15 is 0 Å². The number of aromatic nitrogens is 5. The molecule has 4 heterocycles. The molecule has 0 unspecified atom stereocenters. The zero-order valence-electron chi connectivity index (χ0n) is 31.4. The molecule has 0 bridgehead atoms. The number of esters is 4. The van der Waals surface area contributed by atoms with Crippen molar-refractivity contribution in [1.29, 1.82) is 0 Å². The highest BCUT2D eigenvalue weighted by atomic mass is 35.5. The number of anilines is 1. The van der Waals surface area contributed by atoms with Gasteiger partial charge in [-0.3, -0.25) is 19.0 Å². The number of hydrogen-bond acceptors (Lipinski definition) is 15. The van der Waals surface area contributed by atoms with Gasteiger partial charge in [-0.1, -0.05) is 37.1 Å². The second kappa shape index (κ2) is 17.3. The Kier molecular flexibility index (Phi) is 12.8. The van der Waals surface area contributed by atoms with Gasteiger partial charge in [0.15, 0.2) is 17.7 Å². The van der Waals surface area contributed by atoms with Gasteiger partial charge in [-0.25, -0.2) is 14.6 Å². The number of fused-ring (bicyclic) bond motifs is 1. The lowest BCUT2D eigenvalue weighted by atomic mass is 9.90. The molecule has 0 spiro atoms. The van der Waals surface area contributed by atoms with Gasteiger partial charge in [-0.05, 0) is 55.1 Å². The first-order valence-corrected chi connectivity index (χ1v) is 18.1. The number of ether oxygens (including phenoxy) is 6. The molecule has 1 aromatic carbocycles. The SMILES string of the molecule is C#C[C@@]1(OC(C)=O)[C@@H](COC(Cc2ccc(-c3cccn(CCC)c3=O)cc2)(C(=O)OCC)C(=O)OCC)O[C@@H](n2cnc3c(N)nc(Cl)nc32)[C@@H]1OC(C)=O. The van der Waals surface area contributed by atoms with E-state index < -0.39 is 66.5 Å². The molecule has 4 atom stereocenters. The molecule has 1 aliphatic heterocycles. The van der Waals surface area contributed by atoms with Crippen LogP contribution in [0.4, 0.5) is 5.82 Å². The Morgan fingerprint density at radius 1 is 1.04 bits per heavy atom. The average molecular weight is 793 g/mol. The summed E-state index contributed by atoms with van der Waals surface area (Å²) in [4.78, 5) is 78.6. The van der Waals surface area contributed by atoms with E-state index in [0.717, 1.165) is 20.3 Å². The first-order valence-electron chi connectivity index (χ1n) is 17.7. The maximum atomic E-state index is 13.9. The highest BCUT2D eigenvalue weighted by Crippen LogP contribution is 2.44.